The van der Waals surface area contributed by atoms with Crippen molar-refractivity contribution in [3.63, 3.8) is 0 Å². The molecule has 0 amide bonds. The zero-order chi connectivity index (χ0) is 31.9. The van der Waals surface area contributed by atoms with Crippen LogP contribution in [0.25, 0.3) is 0 Å². The molecule has 0 unspecified atom stereocenters. The van der Waals surface area contributed by atoms with Crippen LogP contribution in [-0.4, -0.2) is 51.7 Å². The summed E-state index contributed by atoms with van der Waals surface area (Å²) in [5, 5.41) is 0.527. The quantitative estimate of drug-likeness (QED) is 0.117. The Hall–Kier alpha value is -3.24. The standard InChI is InChI=1S/C33H48N4O4S2/c1-32(2,17-15-28(38)40-23-26-11-7-5-8-12-26)19-21-36(30(34)42)25-37(31(35)43)22-20-33(3,4)18-16-29(39)41-24-27-13-9-6-10-14-27/h5-14H,15-25H2,1-4H3,(H2,34,42)(H2,35,43). The van der Waals surface area contributed by atoms with Crippen LogP contribution in [0.1, 0.15) is 77.3 Å². The van der Waals surface area contributed by atoms with Crippen LogP contribution in [-0.2, 0) is 32.3 Å². The van der Waals surface area contributed by atoms with Gasteiger partial charge < -0.3 is 30.7 Å². The minimum atomic E-state index is -0.213. The molecular weight excluding hydrogens is 581 g/mol. The van der Waals surface area contributed by atoms with Crippen molar-refractivity contribution in [3.8, 4) is 0 Å². The molecule has 0 heterocycles. The molecule has 0 aromatic heterocycles. The van der Waals surface area contributed by atoms with Gasteiger partial charge in [0.1, 0.15) is 13.2 Å². The highest BCUT2D eigenvalue weighted by Crippen LogP contribution is 2.29. The van der Waals surface area contributed by atoms with Gasteiger partial charge in [0.05, 0.1) is 6.67 Å². The Morgan fingerprint density at radius 3 is 1.33 bits per heavy atom. The van der Waals surface area contributed by atoms with Crippen LogP contribution in [0, 0.1) is 10.8 Å². The lowest BCUT2D eigenvalue weighted by Crippen LogP contribution is -2.49. The molecule has 8 nitrogen and oxygen atoms in total. The number of carbonyl (C=O) groups is 2. The van der Waals surface area contributed by atoms with Crippen LogP contribution in [0.5, 0.6) is 0 Å². The van der Waals surface area contributed by atoms with Crippen molar-refractivity contribution in [2.24, 2.45) is 22.3 Å². The molecular formula is C33H48N4O4S2. The average molecular weight is 629 g/mol. The van der Waals surface area contributed by atoms with Crippen molar-refractivity contribution < 1.29 is 19.1 Å². The summed E-state index contributed by atoms with van der Waals surface area (Å²) >= 11 is 10.7. The summed E-state index contributed by atoms with van der Waals surface area (Å²) in [6, 6.07) is 19.3. The van der Waals surface area contributed by atoms with Crippen molar-refractivity contribution in [2.75, 3.05) is 19.8 Å². The topological polar surface area (TPSA) is 111 Å². The van der Waals surface area contributed by atoms with E-state index in [4.69, 9.17) is 45.4 Å². The number of thiocarbonyl (C=S) groups is 2. The van der Waals surface area contributed by atoms with E-state index in [2.05, 4.69) is 27.7 Å². The van der Waals surface area contributed by atoms with Gasteiger partial charge in [-0.3, -0.25) is 9.59 Å². The molecule has 0 bridgehead atoms. The van der Waals surface area contributed by atoms with E-state index >= 15 is 0 Å². The van der Waals surface area contributed by atoms with Crippen molar-refractivity contribution in [2.45, 2.75) is 79.4 Å². The van der Waals surface area contributed by atoms with Crippen LogP contribution in [0.3, 0.4) is 0 Å². The molecule has 0 saturated heterocycles. The van der Waals surface area contributed by atoms with E-state index in [1.54, 1.807) is 0 Å². The Morgan fingerprint density at radius 1 is 0.651 bits per heavy atom. The lowest BCUT2D eigenvalue weighted by molar-refractivity contribution is -0.146. The molecule has 0 fully saturated rings. The molecule has 2 rings (SSSR count). The third-order valence-corrected chi connectivity index (χ3v) is 8.10. The number of hydrogen-bond donors (Lipinski definition) is 2. The normalized spacial score (nSPS) is 11.4. The van der Waals surface area contributed by atoms with Gasteiger partial charge in [0.25, 0.3) is 0 Å². The molecule has 0 atom stereocenters. The fraction of sp³-hybridized carbons (Fsp3) is 0.515. The number of nitrogens with zero attached hydrogens (tertiary/aromatic N) is 2. The van der Waals surface area contributed by atoms with Gasteiger partial charge in [0.15, 0.2) is 10.2 Å². The molecule has 236 valence electrons. The summed E-state index contributed by atoms with van der Waals surface area (Å²) in [6.45, 7) is 10.6. The number of nitrogens with two attached hydrogens (primary N) is 2. The van der Waals surface area contributed by atoms with Gasteiger partial charge >= 0.3 is 11.9 Å². The minimum absolute atomic E-state index is 0.139. The Balaban J connectivity index is 1.79. The number of benzene rings is 2. The molecule has 0 spiro atoms. The zero-order valence-electron chi connectivity index (χ0n) is 26.1. The van der Waals surface area contributed by atoms with Gasteiger partial charge in [0.2, 0.25) is 0 Å². The van der Waals surface area contributed by atoms with E-state index in [1.165, 1.54) is 0 Å². The predicted octanol–water partition coefficient (Wildman–Crippen LogP) is 5.91. The second-order valence-corrected chi connectivity index (χ2v) is 13.3. The highest BCUT2D eigenvalue weighted by molar-refractivity contribution is 7.80. The summed E-state index contributed by atoms with van der Waals surface area (Å²) in [6.07, 6.45) is 3.54. The Bertz CT molecular complexity index is 1080. The number of ether oxygens (including phenoxy) is 2. The first-order valence-corrected chi connectivity index (χ1v) is 15.6. The van der Waals surface area contributed by atoms with Crippen LogP contribution in [0.4, 0.5) is 0 Å². The third-order valence-electron chi connectivity index (χ3n) is 7.58. The molecule has 2 aromatic rings. The van der Waals surface area contributed by atoms with Crippen molar-refractivity contribution in [1.29, 1.82) is 0 Å². The predicted molar refractivity (Wildman–Crippen MR) is 180 cm³/mol. The van der Waals surface area contributed by atoms with Crippen molar-refractivity contribution in [3.05, 3.63) is 71.8 Å². The summed E-state index contributed by atoms with van der Waals surface area (Å²) in [7, 11) is 0. The highest BCUT2D eigenvalue weighted by atomic mass is 32.1. The van der Waals surface area contributed by atoms with Gasteiger partial charge in [-0.2, -0.15) is 0 Å². The molecule has 0 aliphatic rings. The van der Waals surface area contributed by atoms with Crippen LogP contribution >= 0.6 is 24.4 Å². The van der Waals surface area contributed by atoms with Gasteiger partial charge in [0, 0.05) is 25.9 Å². The molecule has 43 heavy (non-hydrogen) atoms. The molecule has 4 N–H and O–H groups in total. The van der Waals surface area contributed by atoms with Gasteiger partial charge in [-0.15, -0.1) is 0 Å². The Morgan fingerprint density at radius 2 is 1.00 bits per heavy atom. The van der Waals surface area contributed by atoms with Gasteiger partial charge in [-0.1, -0.05) is 88.4 Å². The van der Waals surface area contributed by atoms with Gasteiger partial charge in [-0.25, -0.2) is 0 Å². The lowest BCUT2D eigenvalue weighted by atomic mass is 9.84. The molecule has 0 aliphatic carbocycles. The van der Waals surface area contributed by atoms with E-state index in [-0.39, 0.29) is 46.2 Å². The maximum absolute atomic E-state index is 12.3. The maximum Gasteiger partial charge on any atom is 0.306 e. The first-order chi connectivity index (χ1) is 20.3. The second-order valence-electron chi connectivity index (χ2n) is 12.5. The molecule has 0 radical (unpaired) electrons. The fourth-order valence-corrected chi connectivity index (χ4v) is 4.63. The van der Waals surface area contributed by atoms with Crippen LogP contribution in [0.2, 0.25) is 0 Å². The number of carbonyl (C=O) groups excluding carboxylic acids is 2. The summed E-state index contributed by atoms with van der Waals surface area (Å²) in [5.74, 6) is -0.426. The van der Waals surface area contributed by atoms with E-state index in [0.29, 0.717) is 45.4 Å². The SMILES string of the molecule is CC(C)(CCC(=O)OCc1ccccc1)CCN(CN(CCC(C)(C)CCC(=O)OCc1ccccc1)C(N)=S)C(N)=S. The number of rotatable bonds is 18. The monoisotopic (exact) mass is 628 g/mol. The zero-order valence-corrected chi connectivity index (χ0v) is 27.7. The molecule has 0 saturated carbocycles. The molecule has 0 aliphatic heterocycles. The van der Waals surface area contributed by atoms with E-state index in [9.17, 15) is 9.59 Å². The Labute approximate surface area is 268 Å². The largest absolute Gasteiger partial charge is 0.461 e. The van der Waals surface area contributed by atoms with E-state index < -0.39 is 0 Å². The Kier molecular flexibility index (Phi) is 14.9. The number of hydrogen-bond acceptors (Lipinski definition) is 6. The second kappa shape index (κ2) is 17.8. The van der Waals surface area contributed by atoms with Gasteiger partial charge in [-0.05, 0) is 72.1 Å². The minimum Gasteiger partial charge on any atom is -0.461 e. The molecule has 2 aromatic carbocycles. The van der Waals surface area contributed by atoms with Crippen LogP contribution < -0.4 is 11.5 Å². The van der Waals surface area contributed by atoms with Crippen molar-refractivity contribution >= 4 is 46.6 Å². The fourth-order valence-electron chi connectivity index (χ4n) is 4.33. The summed E-state index contributed by atoms with van der Waals surface area (Å²) in [5.41, 5.74) is 13.8. The first kappa shape index (κ1) is 36.0. The number of esters is 2. The van der Waals surface area contributed by atoms with E-state index in [0.717, 1.165) is 24.0 Å². The van der Waals surface area contributed by atoms with Crippen LogP contribution in [0.15, 0.2) is 60.7 Å². The summed E-state index contributed by atoms with van der Waals surface area (Å²) in [4.78, 5) is 28.4. The maximum atomic E-state index is 12.3. The van der Waals surface area contributed by atoms with Crippen molar-refractivity contribution in [1.82, 2.24) is 9.80 Å². The average Bonchev–Trinajstić information content (AvgIpc) is 2.97. The first-order valence-electron chi connectivity index (χ1n) is 14.7. The molecule has 10 heteroatoms. The smallest absolute Gasteiger partial charge is 0.306 e. The third kappa shape index (κ3) is 15.2. The highest BCUT2D eigenvalue weighted by Gasteiger charge is 2.25. The van der Waals surface area contributed by atoms with E-state index in [1.807, 2.05) is 70.5 Å². The lowest BCUT2D eigenvalue weighted by Gasteiger charge is -2.35. The summed E-state index contributed by atoms with van der Waals surface area (Å²) < 4.78 is 10.9.